The van der Waals surface area contributed by atoms with Crippen LogP contribution < -0.4 is 5.32 Å². The summed E-state index contributed by atoms with van der Waals surface area (Å²) in [5.41, 5.74) is 0.321. The van der Waals surface area contributed by atoms with Gasteiger partial charge < -0.3 is 10.4 Å². The zero-order chi connectivity index (χ0) is 14.5. The molecule has 0 saturated carbocycles. The molecule has 2 aromatic rings. The molecule has 2 rings (SSSR count). The van der Waals surface area contributed by atoms with Gasteiger partial charge in [-0.2, -0.15) is 0 Å². The first-order valence-corrected chi connectivity index (χ1v) is 5.70. The quantitative estimate of drug-likeness (QED) is 0.826. The summed E-state index contributed by atoms with van der Waals surface area (Å²) in [5.74, 6) is -2.06. The van der Waals surface area contributed by atoms with Crippen molar-refractivity contribution < 1.29 is 19.1 Å². The number of carbonyl (C=O) groups is 2. The molecule has 0 atom stereocenters. The lowest BCUT2D eigenvalue weighted by Crippen LogP contribution is -2.23. The summed E-state index contributed by atoms with van der Waals surface area (Å²) in [6.07, 6.45) is 1.21. The zero-order valence-electron chi connectivity index (χ0n) is 10.3. The van der Waals surface area contributed by atoms with Crippen molar-refractivity contribution in [2.24, 2.45) is 0 Å². The molecule has 0 radical (unpaired) electrons. The summed E-state index contributed by atoms with van der Waals surface area (Å²) in [6.45, 7) is -0.370. The van der Waals surface area contributed by atoms with Crippen LogP contribution in [0.5, 0.6) is 0 Å². The van der Waals surface area contributed by atoms with Crippen molar-refractivity contribution in [2.45, 2.75) is 13.1 Å². The second-order valence-corrected chi connectivity index (χ2v) is 3.97. The normalized spacial score (nSPS) is 10.2. The summed E-state index contributed by atoms with van der Waals surface area (Å²) in [4.78, 5) is 22.2. The van der Waals surface area contributed by atoms with Crippen molar-refractivity contribution in [2.75, 3.05) is 0 Å². The maximum atomic E-state index is 13.3. The second kappa shape index (κ2) is 5.91. The average Bonchev–Trinajstić information content (AvgIpc) is 2.85. The molecule has 0 bridgehead atoms. The number of aromatic nitrogens is 3. The summed E-state index contributed by atoms with van der Waals surface area (Å²) in [6, 6.07) is 6.06. The third kappa shape index (κ3) is 3.37. The number of aliphatic carboxylic acids is 1. The third-order valence-corrected chi connectivity index (χ3v) is 2.47. The number of carbonyl (C=O) groups excluding carboxylic acids is 1. The van der Waals surface area contributed by atoms with Crippen LogP contribution in [0, 0.1) is 5.82 Å². The number of rotatable bonds is 5. The molecule has 1 heterocycles. The highest BCUT2D eigenvalue weighted by Crippen LogP contribution is 2.05. The second-order valence-electron chi connectivity index (χ2n) is 3.97. The van der Waals surface area contributed by atoms with E-state index in [9.17, 15) is 14.0 Å². The Morgan fingerprint density at radius 3 is 2.80 bits per heavy atom. The maximum Gasteiger partial charge on any atom is 0.325 e. The van der Waals surface area contributed by atoms with E-state index in [2.05, 4.69) is 15.6 Å². The number of halogens is 1. The van der Waals surface area contributed by atoms with Crippen molar-refractivity contribution in [3.63, 3.8) is 0 Å². The Bertz CT molecular complexity index is 641. The first-order chi connectivity index (χ1) is 9.56. The highest BCUT2D eigenvalue weighted by molar-refractivity contribution is 5.91. The van der Waals surface area contributed by atoms with Crippen molar-refractivity contribution >= 4 is 11.9 Å². The molecule has 0 aliphatic heterocycles. The predicted octanol–water partition coefficient (Wildman–Crippen LogP) is 0.432. The molecule has 0 unspecified atom stereocenters. The minimum Gasteiger partial charge on any atom is -0.480 e. The Morgan fingerprint density at radius 1 is 1.35 bits per heavy atom. The maximum absolute atomic E-state index is 13.3. The van der Waals surface area contributed by atoms with E-state index in [1.165, 1.54) is 12.3 Å². The van der Waals surface area contributed by atoms with Gasteiger partial charge in [-0.1, -0.05) is 23.4 Å². The molecule has 0 aliphatic rings. The molecule has 20 heavy (non-hydrogen) atoms. The minimum atomic E-state index is -1.09. The first-order valence-electron chi connectivity index (χ1n) is 5.70. The fourth-order valence-electron chi connectivity index (χ4n) is 1.53. The van der Waals surface area contributed by atoms with Crippen LogP contribution in [0.15, 0.2) is 30.5 Å². The van der Waals surface area contributed by atoms with Gasteiger partial charge in [0.05, 0.1) is 6.20 Å². The van der Waals surface area contributed by atoms with Crippen LogP contribution in [0.2, 0.25) is 0 Å². The van der Waals surface area contributed by atoms with Crippen LogP contribution >= 0.6 is 0 Å². The van der Waals surface area contributed by atoms with E-state index in [4.69, 9.17) is 5.11 Å². The Labute approximate surface area is 113 Å². The smallest absolute Gasteiger partial charge is 0.325 e. The van der Waals surface area contributed by atoms with Crippen LogP contribution in [-0.4, -0.2) is 32.0 Å². The van der Waals surface area contributed by atoms with Crippen LogP contribution in [0.3, 0.4) is 0 Å². The molecule has 0 spiro atoms. The molecule has 104 valence electrons. The number of nitrogens with zero attached hydrogens (tertiary/aromatic N) is 3. The number of amides is 1. The lowest BCUT2D eigenvalue weighted by molar-refractivity contribution is -0.137. The van der Waals surface area contributed by atoms with Crippen LogP contribution in [-0.2, 0) is 17.9 Å². The molecule has 7 nitrogen and oxygen atoms in total. The van der Waals surface area contributed by atoms with Crippen molar-refractivity contribution in [1.82, 2.24) is 20.3 Å². The summed E-state index contributed by atoms with van der Waals surface area (Å²) >= 11 is 0. The SMILES string of the molecule is O=C(O)Cn1cc(C(=O)NCc2ccccc2F)nn1. The summed E-state index contributed by atoms with van der Waals surface area (Å²) in [7, 11) is 0. The van der Waals surface area contributed by atoms with Crippen molar-refractivity contribution in [3.8, 4) is 0 Å². The number of carboxylic acids is 1. The van der Waals surface area contributed by atoms with Gasteiger partial charge in [-0.25, -0.2) is 9.07 Å². The van der Waals surface area contributed by atoms with Gasteiger partial charge in [0.25, 0.3) is 5.91 Å². The largest absolute Gasteiger partial charge is 0.480 e. The topological polar surface area (TPSA) is 97.1 Å². The van der Waals surface area contributed by atoms with E-state index in [1.54, 1.807) is 18.2 Å². The van der Waals surface area contributed by atoms with Crippen LogP contribution in [0.4, 0.5) is 4.39 Å². The Hall–Kier alpha value is -2.77. The van der Waals surface area contributed by atoms with Gasteiger partial charge >= 0.3 is 5.97 Å². The fraction of sp³-hybridized carbons (Fsp3) is 0.167. The number of carboxylic acid groups (broad SMARTS) is 1. The van der Waals surface area contributed by atoms with Gasteiger partial charge in [-0.15, -0.1) is 5.10 Å². The third-order valence-electron chi connectivity index (χ3n) is 2.47. The van der Waals surface area contributed by atoms with E-state index < -0.39 is 17.7 Å². The Balaban J connectivity index is 1.97. The van der Waals surface area contributed by atoms with Gasteiger partial charge in [-0.3, -0.25) is 9.59 Å². The molecular weight excluding hydrogens is 267 g/mol. The molecule has 0 fully saturated rings. The highest BCUT2D eigenvalue weighted by atomic mass is 19.1. The Kier molecular flexibility index (Phi) is 4.04. The number of benzene rings is 1. The Morgan fingerprint density at radius 2 is 2.10 bits per heavy atom. The number of hydrogen-bond donors (Lipinski definition) is 2. The number of nitrogens with one attached hydrogen (secondary N) is 1. The fourth-order valence-corrected chi connectivity index (χ4v) is 1.53. The molecule has 1 aromatic heterocycles. The van der Waals surface area contributed by atoms with Crippen LogP contribution in [0.1, 0.15) is 16.1 Å². The van der Waals surface area contributed by atoms with E-state index in [-0.39, 0.29) is 18.8 Å². The van der Waals surface area contributed by atoms with E-state index in [0.717, 1.165) is 4.68 Å². The number of hydrogen-bond acceptors (Lipinski definition) is 4. The van der Waals surface area contributed by atoms with Gasteiger partial charge in [0, 0.05) is 12.1 Å². The standard InChI is InChI=1S/C12H11FN4O3/c13-9-4-2-1-3-8(9)5-14-12(20)10-6-17(16-15-10)7-11(18)19/h1-4,6H,5,7H2,(H,14,20)(H,18,19). The van der Waals surface area contributed by atoms with Gasteiger partial charge in [0.15, 0.2) is 5.69 Å². The molecule has 0 saturated heterocycles. The molecule has 8 heteroatoms. The molecule has 2 N–H and O–H groups in total. The average molecular weight is 278 g/mol. The zero-order valence-corrected chi connectivity index (χ0v) is 10.3. The molecule has 0 aliphatic carbocycles. The van der Waals surface area contributed by atoms with E-state index in [0.29, 0.717) is 5.56 Å². The first kappa shape index (κ1) is 13.7. The van der Waals surface area contributed by atoms with Gasteiger partial charge in [0.1, 0.15) is 12.4 Å². The monoisotopic (exact) mass is 278 g/mol. The summed E-state index contributed by atoms with van der Waals surface area (Å²) < 4.78 is 14.4. The predicted molar refractivity (Wildman–Crippen MR) is 65.2 cm³/mol. The van der Waals surface area contributed by atoms with E-state index >= 15 is 0 Å². The minimum absolute atomic E-state index is 0.0112. The van der Waals surface area contributed by atoms with Crippen molar-refractivity contribution in [1.29, 1.82) is 0 Å². The lowest BCUT2D eigenvalue weighted by atomic mass is 10.2. The highest BCUT2D eigenvalue weighted by Gasteiger charge is 2.12. The van der Waals surface area contributed by atoms with Crippen molar-refractivity contribution in [3.05, 3.63) is 47.5 Å². The lowest BCUT2D eigenvalue weighted by Gasteiger charge is -2.03. The molecular formula is C12H11FN4O3. The van der Waals surface area contributed by atoms with Crippen LogP contribution in [0.25, 0.3) is 0 Å². The van der Waals surface area contributed by atoms with Gasteiger partial charge in [0.2, 0.25) is 0 Å². The van der Waals surface area contributed by atoms with E-state index in [1.807, 2.05) is 0 Å². The van der Waals surface area contributed by atoms with Gasteiger partial charge in [-0.05, 0) is 6.07 Å². The molecule has 1 amide bonds. The summed E-state index contributed by atoms with van der Waals surface area (Å²) in [5, 5.41) is 18.1. The molecule has 1 aromatic carbocycles.